The van der Waals surface area contributed by atoms with Gasteiger partial charge < -0.3 is 20.1 Å². The first-order valence-electron chi connectivity index (χ1n) is 6.40. The maximum absolute atomic E-state index is 12.1. The molecule has 0 bridgehead atoms. The van der Waals surface area contributed by atoms with Crippen LogP contribution in [0, 0.1) is 5.41 Å². The SMILES string of the molecule is COCCN(C(=O)NC(C(=O)O)C(C)(C)C)C(C)C. The number of ether oxygens (including phenoxy) is 1. The molecule has 0 heterocycles. The van der Waals surface area contributed by atoms with E-state index in [2.05, 4.69) is 5.32 Å². The number of methoxy groups -OCH3 is 1. The molecular formula is C13H26N2O4. The third-order valence-electron chi connectivity index (χ3n) is 2.80. The van der Waals surface area contributed by atoms with Crippen molar-refractivity contribution >= 4 is 12.0 Å². The van der Waals surface area contributed by atoms with Crippen LogP contribution in [0.1, 0.15) is 34.6 Å². The Bertz CT molecular complexity index is 310. The summed E-state index contributed by atoms with van der Waals surface area (Å²) in [5.74, 6) is -1.03. The van der Waals surface area contributed by atoms with E-state index in [0.717, 1.165) is 0 Å². The average molecular weight is 274 g/mol. The van der Waals surface area contributed by atoms with Crippen LogP contribution < -0.4 is 5.32 Å². The van der Waals surface area contributed by atoms with Crippen molar-refractivity contribution in [1.29, 1.82) is 0 Å². The summed E-state index contributed by atoms with van der Waals surface area (Å²) in [6, 6.07) is -1.33. The van der Waals surface area contributed by atoms with Gasteiger partial charge in [0, 0.05) is 19.7 Å². The molecule has 1 unspecified atom stereocenters. The lowest BCUT2D eigenvalue weighted by Crippen LogP contribution is -2.55. The molecule has 112 valence electrons. The molecule has 0 rings (SSSR count). The van der Waals surface area contributed by atoms with Gasteiger partial charge in [0.25, 0.3) is 0 Å². The van der Waals surface area contributed by atoms with Crippen molar-refractivity contribution in [2.45, 2.75) is 46.7 Å². The molecule has 2 amide bonds. The van der Waals surface area contributed by atoms with E-state index in [1.807, 2.05) is 13.8 Å². The van der Waals surface area contributed by atoms with E-state index in [1.54, 1.807) is 32.8 Å². The highest BCUT2D eigenvalue weighted by atomic mass is 16.5. The fraction of sp³-hybridized carbons (Fsp3) is 0.846. The van der Waals surface area contributed by atoms with Gasteiger partial charge in [-0.2, -0.15) is 0 Å². The van der Waals surface area contributed by atoms with E-state index in [9.17, 15) is 14.7 Å². The summed E-state index contributed by atoms with van der Waals surface area (Å²) in [6.07, 6.45) is 0. The summed E-state index contributed by atoms with van der Waals surface area (Å²) in [5, 5.41) is 11.8. The molecule has 6 nitrogen and oxygen atoms in total. The molecule has 0 aliphatic carbocycles. The second-order valence-electron chi connectivity index (χ2n) is 5.87. The summed E-state index contributed by atoms with van der Waals surface area (Å²) >= 11 is 0. The molecule has 0 aliphatic rings. The van der Waals surface area contributed by atoms with E-state index >= 15 is 0 Å². The maximum Gasteiger partial charge on any atom is 0.326 e. The van der Waals surface area contributed by atoms with Crippen molar-refractivity contribution in [2.75, 3.05) is 20.3 Å². The Balaban J connectivity index is 4.81. The Kier molecular flexibility index (Phi) is 6.83. The van der Waals surface area contributed by atoms with Gasteiger partial charge in [-0.25, -0.2) is 9.59 Å². The summed E-state index contributed by atoms with van der Waals surface area (Å²) < 4.78 is 4.95. The number of amides is 2. The van der Waals surface area contributed by atoms with Gasteiger partial charge in [0.1, 0.15) is 6.04 Å². The Morgan fingerprint density at radius 3 is 2.16 bits per heavy atom. The third-order valence-corrected chi connectivity index (χ3v) is 2.80. The van der Waals surface area contributed by atoms with Gasteiger partial charge in [0.2, 0.25) is 0 Å². The lowest BCUT2D eigenvalue weighted by Gasteiger charge is -2.32. The first kappa shape index (κ1) is 17.7. The number of carboxylic acids is 1. The third kappa shape index (κ3) is 5.92. The number of aliphatic carboxylic acids is 1. The van der Waals surface area contributed by atoms with Crippen molar-refractivity contribution < 1.29 is 19.4 Å². The van der Waals surface area contributed by atoms with Gasteiger partial charge in [-0.3, -0.25) is 0 Å². The molecule has 0 aromatic heterocycles. The molecule has 0 radical (unpaired) electrons. The minimum atomic E-state index is -1.03. The summed E-state index contributed by atoms with van der Waals surface area (Å²) in [4.78, 5) is 24.9. The van der Waals surface area contributed by atoms with Crippen LogP contribution in [-0.4, -0.2) is 54.4 Å². The number of urea groups is 1. The lowest BCUT2D eigenvalue weighted by molar-refractivity contribution is -0.142. The largest absolute Gasteiger partial charge is 0.480 e. The van der Waals surface area contributed by atoms with Crippen LogP contribution in [0.4, 0.5) is 4.79 Å². The summed E-state index contributed by atoms with van der Waals surface area (Å²) in [6.45, 7) is 9.93. The number of hydrogen-bond acceptors (Lipinski definition) is 3. The minimum Gasteiger partial charge on any atom is -0.480 e. The number of hydrogen-bond donors (Lipinski definition) is 2. The van der Waals surface area contributed by atoms with E-state index < -0.39 is 17.4 Å². The maximum atomic E-state index is 12.1. The first-order chi connectivity index (χ1) is 8.61. The zero-order valence-electron chi connectivity index (χ0n) is 12.7. The van der Waals surface area contributed by atoms with Crippen LogP contribution in [0.25, 0.3) is 0 Å². The Morgan fingerprint density at radius 2 is 1.84 bits per heavy atom. The van der Waals surface area contributed by atoms with Crippen molar-refractivity contribution in [3.8, 4) is 0 Å². The first-order valence-corrected chi connectivity index (χ1v) is 6.40. The highest BCUT2D eigenvalue weighted by Gasteiger charge is 2.34. The fourth-order valence-electron chi connectivity index (χ4n) is 1.64. The number of nitrogens with zero attached hydrogens (tertiary/aromatic N) is 1. The molecule has 19 heavy (non-hydrogen) atoms. The lowest BCUT2D eigenvalue weighted by atomic mass is 9.87. The van der Waals surface area contributed by atoms with Crippen LogP contribution in [0.2, 0.25) is 0 Å². The van der Waals surface area contributed by atoms with Gasteiger partial charge >= 0.3 is 12.0 Å². The van der Waals surface area contributed by atoms with E-state index in [4.69, 9.17) is 4.74 Å². The number of rotatable bonds is 6. The van der Waals surface area contributed by atoms with Crippen LogP contribution in [0.3, 0.4) is 0 Å². The van der Waals surface area contributed by atoms with Crippen molar-refractivity contribution in [2.24, 2.45) is 5.41 Å². The number of carbonyl (C=O) groups excluding carboxylic acids is 1. The van der Waals surface area contributed by atoms with Gasteiger partial charge in [-0.05, 0) is 19.3 Å². The quantitative estimate of drug-likeness (QED) is 0.770. The second-order valence-corrected chi connectivity index (χ2v) is 5.87. The van der Waals surface area contributed by atoms with Crippen molar-refractivity contribution in [1.82, 2.24) is 10.2 Å². The molecule has 1 atom stereocenters. The molecular weight excluding hydrogens is 248 g/mol. The zero-order chi connectivity index (χ0) is 15.2. The van der Waals surface area contributed by atoms with Crippen LogP contribution in [0.5, 0.6) is 0 Å². The normalized spacial score (nSPS) is 13.2. The molecule has 0 aromatic carbocycles. The fourth-order valence-corrected chi connectivity index (χ4v) is 1.64. The Labute approximate surface area is 115 Å². The summed E-state index contributed by atoms with van der Waals surface area (Å²) in [5.41, 5.74) is -0.550. The number of nitrogens with one attached hydrogen (secondary N) is 1. The zero-order valence-corrected chi connectivity index (χ0v) is 12.7. The molecule has 0 aliphatic heterocycles. The highest BCUT2D eigenvalue weighted by Crippen LogP contribution is 2.19. The van der Waals surface area contributed by atoms with E-state index in [0.29, 0.717) is 13.2 Å². The van der Waals surface area contributed by atoms with Crippen molar-refractivity contribution in [3.05, 3.63) is 0 Å². The van der Waals surface area contributed by atoms with Crippen LogP contribution in [0.15, 0.2) is 0 Å². The predicted molar refractivity (Wildman–Crippen MR) is 73.1 cm³/mol. The van der Waals surface area contributed by atoms with E-state index in [-0.39, 0.29) is 12.1 Å². The molecule has 0 fully saturated rings. The average Bonchev–Trinajstić information content (AvgIpc) is 2.23. The van der Waals surface area contributed by atoms with Gasteiger partial charge in [0.05, 0.1) is 6.61 Å². The van der Waals surface area contributed by atoms with Crippen LogP contribution in [-0.2, 0) is 9.53 Å². The number of carbonyl (C=O) groups is 2. The van der Waals surface area contributed by atoms with Gasteiger partial charge in [-0.15, -0.1) is 0 Å². The Hall–Kier alpha value is -1.30. The van der Waals surface area contributed by atoms with Crippen molar-refractivity contribution in [3.63, 3.8) is 0 Å². The highest BCUT2D eigenvalue weighted by molar-refractivity contribution is 5.83. The molecule has 6 heteroatoms. The minimum absolute atomic E-state index is 0.0236. The monoisotopic (exact) mass is 274 g/mol. The topological polar surface area (TPSA) is 78.9 Å². The number of carboxylic acid groups (broad SMARTS) is 1. The molecule has 0 spiro atoms. The second kappa shape index (κ2) is 7.33. The van der Waals surface area contributed by atoms with Gasteiger partial charge in [0.15, 0.2) is 0 Å². The smallest absolute Gasteiger partial charge is 0.326 e. The standard InChI is InChI=1S/C13H26N2O4/c1-9(2)15(7-8-19-6)12(18)14-10(11(16)17)13(3,4)5/h9-10H,7-8H2,1-6H3,(H,14,18)(H,16,17). The molecule has 0 saturated heterocycles. The van der Waals surface area contributed by atoms with E-state index in [1.165, 1.54) is 0 Å². The van der Waals surface area contributed by atoms with Gasteiger partial charge in [-0.1, -0.05) is 20.8 Å². The summed E-state index contributed by atoms with van der Waals surface area (Å²) in [7, 11) is 1.56. The molecule has 0 saturated carbocycles. The molecule has 2 N–H and O–H groups in total. The van der Waals surface area contributed by atoms with Crippen LogP contribution >= 0.6 is 0 Å². The molecule has 0 aromatic rings. The predicted octanol–water partition coefficient (Wildman–Crippen LogP) is 1.55. The Morgan fingerprint density at radius 1 is 1.32 bits per heavy atom.